The average molecular weight is 1100 g/mol. The van der Waals surface area contributed by atoms with Crippen LogP contribution in [-0.4, -0.2) is 70.0 Å². The largest absolute Gasteiger partial charge is 0.756 e. The van der Waals surface area contributed by atoms with Crippen LogP contribution in [0.5, 0.6) is 0 Å². The van der Waals surface area contributed by atoms with E-state index in [1.165, 1.54) is 70.6 Å². The lowest BCUT2D eigenvalue weighted by atomic mass is 10.0. The Kier molecular flexibility index (Phi) is 55.0. The number of quaternary nitrogens is 1. The number of hydrogen-bond acceptors (Lipinski definition) is 8. The van der Waals surface area contributed by atoms with Crippen LogP contribution in [0.2, 0.25) is 0 Å². The van der Waals surface area contributed by atoms with Gasteiger partial charge in [0, 0.05) is 12.8 Å². The molecule has 9 nitrogen and oxygen atoms in total. The SMILES string of the molecule is CC/C=C\C/C=C\C/C=C\C/C=C\C/C=C\C/C=C\C/C=C\C/C=C\C/C=C\CCCCCCCCCCCCCCCC(=O)OC(COC(=O)CCCCCCC/C=C\C/C=C\CCC)COP(=O)([O-])OCC[N+](C)(C)C. The van der Waals surface area contributed by atoms with Gasteiger partial charge >= 0.3 is 11.9 Å². The van der Waals surface area contributed by atoms with Crippen molar-refractivity contribution in [1.29, 1.82) is 0 Å². The van der Waals surface area contributed by atoms with Crippen molar-refractivity contribution in [3.05, 3.63) is 134 Å². The molecule has 0 bridgehead atoms. The Labute approximate surface area is 479 Å². The first-order valence-corrected chi connectivity index (χ1v) is 32.4. The molecule has 0 aliphatic carbocycles. The van der Waals surface area contributed by atoms with Crippen LogP contribution in [0.4, 0.5) is 0 Å². The number of phosphoric ester groups is 1. The molecule has 0 rings (SSSR count). The Morgan fingerprint density at radius 1 is 0.410 bits per heavy atom. The Balaban J connectivity index is 4.03. The van der Waals surface area contributed by atoms with E-state index in [0.717, 1.165) is 122 Å². The molecule has 0 aromatic heterocycles. The van der Waals surface area contributed by atoms with Gasteiger partial charge in [0.1, 0.15) is 19.8 Å². The van der Waals surface area contributed by atoms with E-state index in [1.54, 1.807) is 0 Å². The summed E-state index contributed by atoms with van der Waals surface area (Å²) < 4.78 is 34.1. The summed E-state index contributed by atoms with van der Waals surface area (Å²) in [6, 6.07) is 0. The molecule has 444 valence electrons. The number of nitrogens with zero attached hydrogens (tertiary/aromatic N) is 1. The molecule has 0 aliphatic heterocycles. The number of esters is 2. The lowest BCUT2D eigenvalue weighted by Gasteiger charge is -2.28. The molecule has 0 saturated heterocycles. The minimum Gasteiger partial charge on any atom is -0.756 e. The highest BCUT2D eigenvalue weighted by Crippen LogP contribution is 2.38. The fourth-order valence-electron chi connectivity index (χ4n) is 7.92. The Hall–Kier alpha value is -3.85. The van der Waals surface area contributed by atoms with Crippen molar-refractivity contribution in [3.63, 3.8) is 0 Å². The van der Waals surface area contributed by atoms with Gasteiger partial charge in [0.05, 0.1) is 27.7 Å². The predicted octanol–water partition coefficient (Wildman–Crippen LogP) is 19.1. The summed E-state index contributed by atoms with van der Waals surface area (Å²) in [6.45, 7) is 4.02. The maximum atomic E-state index is 12.8. The fraction of sp³-hybridized carbons (Fsp3) is 0.647. The van der Waals surface area contributed by atoms with Crippen molar-refractivity contribution in [1.82, 2.24) is 0 Å². The van der Waals surface area contributed by atoms with Gasteiger partial charge in [-0.3, -0.25) is 14.2 Å². The van der Waals surface area contributed by atoms with Gasteiger partial charge in [0.15, 0.2) is 6.10 Å². The summed E-state index contributed by atoms with van der Waals surface area (Å²) in [6.07, 6.45) is 83.8. The third-order valence-corrected chi connectivity index (χ3v) is 13.6. The van der Waals surface area contributed by atoms with E-state index in [4.69, 9.17) is 18.5 Å². The van der Waals surface area contributed by atoms with Gasteiger partial charge in [-0.05, 0) is 109 Å². The minimum atomic E-state index is -4.64. The second-order valence-corrected chi connectivity index (χ2v) is 22.7. The average Bonchev–Trinajstić information content (AvgIpc) is 3.40. The lowest BCUT2D eigenvalue weighted by molar-refractivity contribution is -0.870. The van der Waals surface area contributed by atoms with Crippen molar-refractivity contribution in [2.45, 2.75) is 238 Å². The van der Waals surface area contributed by atoms with Gasteiger partial charge < -0.3 is 27.9 Å². The summed E-state index contributed by atoms with van der Waals surface area (Å²) in [5.41, 5.74) is 0. The van der Waals surface area contributed by atoms with Crippen molar-refractivity contribution in [2.75, 3.05) is 47.5 Å². The summed E-state index contributed by atoms with van der Waals surface area (Å²) >= 11 is 0. The van der Waals surface area contributed by atoms with Crippen molar-refractivity contribution in [3.8, 4) is 0 Å². The molecule has 2 atom stereocenters. The van der Waals surface area contributed by atoms with Crippen LogP contribution in [0.1, 0.15) is 232 Å². The second-order valence-electron chi connectivity index (χ2n) is 21.3. The zero-order valence-corrected chi connectivity index (χ0v) is 51.2. The van der Waals surface area contributed by atoms with E-state index < -0.39 is 32.5 Å². The molecule has 0 aliphatic rings. The first-order valence-electron chi connectivity index (χ1n) is 30.9. The zero-order valence-electron chi connectivity index (χ0n) is 50.3. The molecule has 0 spiro atoms. The lowest BCUT2D eigenvalue weighted by Crippen LogP contribution is -2.37. The third-order valence-electron chi connectivity index (χ3n) is 12.6. The van der Waals surface area contributed by atoms with E-state index in [0.29, 0.717) is 23.9 Å². The van der Waals surface area contributed by atoms with Crippen LogP contribution >= 0.6 is 7.82 Å². The van der Waals surface area contributed by atoms with E-state index >= 15 is 0 Å². The Morgan fingerprint density at radius 2 is 0.731 bits per heavy atom. The summed E-state index contributed by atoms with van der Waals surface area (Å²) in [5.74, 6) is -0.857. The van der Waals surface area contributed by atoms with Crippen molar-refractivity contribution >= 4 is 19.8 Å². The Morgan fingerprint density at radius 3 is 1.09 bits per heavy atom. The summed E-state index contributed by atoms with van der Waals surface area (Å²) in [4.78, 5) is 37.8. The topological polar surface area (TPSA) is 111 Å². The number of unbranched alkanes of at least 4 members (excludes halogenated alkanes) is 19. The molecule has 0 saturated carbocycles. The number of hydrogen-bond donors (Lipinski definition) is 0. The van der Waals surface area contributed by atoms with E-state index in [9.17, 15) is 19.0 Å². The molecular weight excluding hydrogens is 990 g/mol. The maximum Gasteiger partial charge on any atom is 0.306 e. The van der Waals surface area contributed by atoms with Gasteiger partial charge in [-0.15, -0.1) is 0 Å². The first-order chi connectivity index (χ1) is 38.0. The third kappa shape index (κ3) is 61.4. The number of allylic oxidation sites excluding steroid dienone is 22. The van der Waals surface area contributed by atoms with Gasteiger partial charge in [-0.1, -0.05) is 244 Å². The minimum absolute atomic E-state index is 0.0386. The van der Waals surface area contributed by atoms with Crippen LogP contribution in [0.3, 0.4) is 0 Å². The highest BCUT2D eigenvalue weighted by molar-refractivity contribution is 7.45. The smallest absolute Gasteiger partial charge is 0.306 e. The molecule has 0 aromatic rings. The molecule has 10 heteroatoms. The number of phosphoric acid groups is 1. The molecule has 0 fully saturated rings. The molecule has 0 N–H and O–H groups in total. The molecule has 0 heterocycles. The standard InChI is InChI=1S/C68H114NO8P/c1-6-8-10-12-14-16-18-20-21-22-23-24-25-26-27-28-29-30-31-32-33-34-35-36-37-38-39-40-41-42-43-44-45-46-47-49-51-53-55-57-59-61-68(71)77-66(65-76-78(72,73)75-63-62-69(3,4)5)64-74-67(70)60-58-56-54-52-50-48-19-17-15-13-11-9-7-2/h8,10-11,13-14,16-17,19-21,23-24,26-27,29-30,32-33,35-36,38-39,66H,6-7,9,12,15,18,22,25,28,31,34,37,40-65H2,1-5H3/b10-8-,13-11-,16-14-,19-17-,21-20-,24-23-,27-26-,30-29-,33-32-,36-35-,39-38-. The van der Waals surface area contributed by atoms with E-state index in [2.05, 4.69) is 148 Å². The van der Waals surface area contributed by atoms with Crippen LogP contribution in [0, 0.1) is 0 Å². The fourth-order valence-corrected chi connectivity index (χ4v) is 8.65. The molecule has 0 radical (unpaired) electrons. The molecule has 0 aromatic carbocycles. The second kappa shape index (κ2) is 57.8. The number of rotatable bonds is 55. The molecule has 78 heavy (non-hydrogen) atoms. The van der Waals surface area contributed by atoms with Crippen molar-refractivity contribution in [2.24, 2.45) is 0 Å². The maximum absolute atomic E-state index is 12.8. The van der Waals surface area contributed by atoms with Gasteiger partial charge in [0.2, 0.25) is 0 Å². The van der Waals surface area contributed by atoms with Crippen LogP contribution in [-0.2, 0) is 32.7 Å². The van der Waals surface area contributed by atoms with Crippen LogP contribution < -0.4 is 4.89 Å². The molecular formula is C68H114NO8P. The monoisotopic (exact) mass is 1100 g/mol. The first kappa shape index (κ1) is 74.2. The summed E-state index contributed by atoms with van der Waals surface area (Å²) in [5, 5.41) is 0. The van der Waals surface area contributed by atoms with Gasteiger partial charge in [-0.25, -0.2) is 0 Å². The number of likely N-dealkylation sites (N-methyl/N-ethyl adjacent to an activating group) is 1. The van der Waals surface area contributed by atoms with E-state index in [1.807, 2.05) is 21.1 Å². The van der Waals surface area contributed by atoms with Crippen LogP contribution in [0.15, 0.2) is 134 Å². The highest BCUT2D eigenvalue weighted by Gasteiger charge is 2.22. The van der Waals surface area contributed by atoms with E-state index in [-0.39, 0.29) is 26.1 Å². The van der Waals surface area contributed by atoms with Gasteiger partial charge in [0.25, 0.3) is 7.82 Å². The van der Waals surface area contributed by atoms with Crippen molar-refractivity contribution < 1.29 is 42.1 Å². The quantitative estimate of drug-likeness (QED) is 0.0195. The predicted molar refractivity (Wildman–Crippen MR) is 332 cm³/mol. The number of carbonyl (C=O) groups excluding carboxylic acids is 2. The highest BCUT2D eigenvalue weighted by atomic mass is 31.2. The Bertz CT molecular complexity index is 1780. The number of carbonyl (C=O) groups is 2. The number of ether oxygens (including phenoxy) is 2. The molecule has 2 unspecified atom stereocenters. The summed E-state index contributed by atoms with van der Waals surface area (Å²) in [7, 11) is 1.14. The molecule has 0 amide bonds. The normalized spacial score (nSPS) is 14.2. The van der Waals surface area contributed by atoms with Gasteiger partial charge in [-0.2, -0.15) is 0 Å². The zero-order chi connectivity index (χ0) is 57.0. The van der Waals surface area contributed by atoms with Crippen LogP contribution in [0.25, 0.3) is 0 Å².